The molecule has 0 amide bonds. The first-order chi connectivity index (χ1) is 8.72. The van der Waals surface area contributed by atoms with E-state index in [-0.39, 0.29) is 0 Å². The maximum atomic E-state index is 5.68. The van der Waals surface area contributed by atoms with Crippen molar-refractivity contribution >= 4 is 10.9 Å². The molecule has 0 bridgehead atoms. The molecule has 0 atom stereocenters. The van der Waals surface area contributed by atoms with Gasteiger partial charge in [-0.3, -0.25) is 0 Å². The third kappa shape index (κ3) is 2.92. The Morgan fingerprint density at radius 3 is 2.72 bits per heavy atom. The predicted octanol–water partition coefficient (Wildman–Crippen LogP) is 2.09. The van der Waals surface area contributed by atoms with Gasteiger partial charge < -0.3 is 15.2 Å². The molecule has 0 aliphatic rings. The summed E-state index contributed by atoms with van der Waals surface area (Å²) in [6, 6.07) is 8.61. The van der Waals surface area contributed by atoms with Crippen LogP contribution in [0.5, 0.6) is 0 Å². The van der Waals surface area contributed by atoms with Crippen LogP contribution in [0.25, 0.3) is 10.9 Å². The van der Waals surface area contributed by atoms with Crippen LogP contribution < -0.4 is 5.73 Å². The summed E-state index contributed by atoms with van der Waals surface area (Å²) in [6.07, 6.45) is 4.40. The Balaban J connectivity index is 2.21. The Hall–Kier alpha value is -1.32. The van der Waals surface area contributed by atoms with Crippen LogP contribution in [0.4, 0.5) is 0 Å². The van der Waals surface area contributed by atoms with Gasteiger partial charge in [0.2, 0.25) is 0 Å². The van der Waals surface area contributed by atoms with Crippen molar-refractivity contribution in [1.82, 2.24) is 9.47 Å². The molecule has 0 saturated heterocycles. The van der Waals surface area contributed by atoms with E-state index >= 15 is 0 Å². The Morgan fingerprint density at radius 2 is 2.00 bits per heavy atom. The quantitative estimate of drug-likeness (QED) is 0.845. The fourth-order valence-electron chi connectivity index (χ4n) is 2.42. The van der Waals surface area contributed by atoms with Crippen LogP contribution in [-0.2, 0) is 13.0 Å². The minimum Gasteiger partial charge on any atom is -0.347 e. The zero-order chi connectivity index (χ0) is 13.0. The van der Waals surface area contributed by atoms with Gasteiger partial charge in [0.1, 0.15) is 0 Å². The fourth-order valence-corrected chi connectivity index (χ4v) is 2.42. The van der Waals surface area contributed by atoms with E-state index < -0.39 is 0 Å². The molecule has 0 aliphatic heterocycles. The second kappa shape index (κ2) is 6.03. The van der Waals surface area contributed by atoms with Crippen LogP contribution in [0, 0.1) is 0 Å². The highest BCUT2D eigenvalue weighted by Gasteiger charge is 2.06. The summed E-state index contributed by atoms with van der Waals surface area (Å²) in [5.41, 5.74) is 8.39. The summed E-state index contributed by atoms with van der Waals surface area (Å²) in [5.74, 6) is 0. The van der Waals surface area contributed by atoms with Crippen LogP contribution in [-0.4, -0.2) is 36.7 Å². The van der Waals surface area contributed by atoms with Gasteiger partial charge >= 0.3 is 0 Å². The van der Waals surface area contributed by atoms with E-state index in [1.165, 1.54) is 22.9 Å². The minimum atomic E-state index is 0.714. The summed E-state index contributed by atoms with van der Waals surface area (Å²) >= 11 is 0. The highest BCUT2D eigenvalue weighted by atomic mass is 15.1. The first kappa shape index (κ1) is 13.1. The second-order valence-corrected chi connectivity index (χ2v) is 5.06. The highest BCUT2D eigenvalue weighted by Crippen LogP contribution is 2.21. The molecule has 2 aromatic rings. The van der Waals surface area contributed by atoms with Gasteiger partial charge in [0.25, 0.3) is 0 Å². The number of hydrogen-bond donors (Lipinski definition) is 1. The number of aryl methyl sites for hydroxylation is 1. The zero-order valence-corrected chi connectivity index (χ0v) is 11.4. The molecule has 0 fully saturated rings. The van der Waals surface area contributed by atoms with Crippen molar-refractivity contribution in [3.05, 3.63) is 36.0 Å². The topological polar surface area (TPSA) is 34.2 Å². The van der Waals surface area contributed by atoms with Crippen molar-refractivity contribution in [2.24, 2.45) is 5.73 Å². The monoisotopic (exact) mass is 245 g/mol. The molecule has 1 heterocycles. The van der Waals surface area contributed by atoms with Gasteiger partial charge in [-0.1, -0.05) is 18.2 Å². The number of nitrogens with two attached hydrogens (primary N) is 1. The van der Waals surface area contributed by atoms with Crippen molar-refractivity contribution in [1.29, 1.82) is 0 Å². The van der Waals surface area contributed by atoms with E-state index in [4.69, 9.17) is 5.73 Å². The van der Waals surface area contributed by atoms with E-state index in [0.29, 0.717) is 6.54 Å². The number of aromatic nitrogens is 1. The van der Waals surface area contributed by atoms with Crippen LogP contribution in [0.15, 0.2) is 30.5 Å². The summed E-state index contributed by atoms with van der Waals surface area (Å²) in [6.45, 7) is 2.91. The molecule has 0 spiro atoms. The predicted molar refractivity (Wildman–Crippen MR) is 77.9 cm³/mol. The average Bonchev–Trinajstić information content (AvgIpc) is 2.69. The average molecular weight is 245 g/mol. The standard InChI is InChI=1S/C15H23N3/c1-17(2)10-5-11-18-12-13(8-9-16)14-6-3-4-7-15(14)18/h3-4,6-7,12H,5,8-11,16H2,1-2H3. The minimum absolute atomic E-state index is 0.714. The van der Waals surface area contributed by atoms with Crippen molar-refractivity contribution < 1.29 is 0 Å². The van der Waals surface area contributed by atoms with Gasteiger partial charge in [-0.25, -0.2) is 0 Å². The summed E-state index contributed by atoms with van der Waals surface area (Å²) in [4.78, 5) is 2.23. The maximum absolute atomic E-state index is 5.68. The number of rotatable bonds is 6. The zero-order valence-electron chi connectivity index (χ0n) is 11.4. The van der Waals surface area contributed by atoms with E-state index in [1.54, 1.807) is 0 Å². The van der Waals surface area contributed by atoms with Gasteiger partial charge in [-0.05, 0) is 51.7 Å². The number of hydrogen-bond acceptors (Lipinski definition) is 2. The Morgan fingerprint density at radius 1 is 1.22 bits per heavy atom. The molecule has 0 unspecified atom stereocenters. The smallest absolute Gasteiger partial charge is 0.0483 e. The van der Waals surface area contributed by atoms with Crippen molar-refractivity contribution in [3.8, 4) is 0 Å². The van der Waals surface area contributed by atoms with Crippen LogP contribution in [0.3, 0.4) is 0 Å². The molecule has 0 radical (unpaired) electrons. The van der Waals surface area contributed by atoms with Crippen LogP contribution >= 0.6 is 0 Å². The Labute approximate surface area is 109 Å². The molecule has 3 heteroatoms. The van der Waals surface area contributed by atoms with Gasteiger partial charge in [0, 0.05) is 23.6 Å². The maximum Gasteiger partial charge on any atom is 0.0483 e. The molecular formula is C15H23N3. The van der Waals surface area contributed by atoms with Crippen LogP contribution in [0.1, 0.15) is 12.0 Å². The van der Waals surface area contributed by atoms with Crippen molar-refractivity contribution in [2.75, 3.05) is 27.2 Å². The van der Waals surface area contributed by atoms with E-state index in [0.717, 1.165) is 19.5 Å². The van der Waals surface area contributed by atoms with Crippen molar-refractivity contribution in [3.63, 3.8) is 0 Å². The Bertz CT molecular complexity index is 499. The van der Waals surface area contributed by atoms with Gasteiger partial charge in [0.15, 0.2) is 0 Å². The molecule has 18 heavy (non-hydrogen) atoms. The number of benzene rings is 1. The number of nitrogens with zero attached hydrogens (tertiary/aromatic N) is 2. The fraction of sp³-hybridized carbons (Fsp3) is 0.467. The highest BCUT2D eigenvalue weighted by molar-refractivity contribution is 5.84. The van der Waals surface area contributed by atoms with Crippen LogP contribution in [0.2, 0.25) is 0 Å². The molecule has 1 aromatic carbocycles. The molecule has 2 N–H and O–H groups in total. The molecule has 98 valence electrons. The molecule has 2 rings (SSSR count). The molecule has 0 saturated carbocycles. The van der Waals surface area contributed by atoms with Crippen molar-refractivity contribution in [2.45, 2.75) is 19.4 Å². The lowest BCUT2D eigenvalue weighted by molar-refractivity contribution is 0.388. The molecular weight excluding hydrogens is 222 g/mol. The summed E-state index contributed by atoms with van der Waals surface area (Å²) in [5, 5.41) is 1.35. The van der Waals surface area contributed by atoms with Gasteiger partial charge in [-0.2, -0.15) is 0 Å². The van der Waals surface area contributed by atoms with E-state index in [2.05, 4.69) is 54.0 Å². The number of fused-ring (bicyclic) bond motifs is 1. The third-order valence-electron chi connectivity index (χ3n) is 3.29. The SMILES string of the molecule is CN(C)CCCn1cc(CCN)c2ccccc21. The van der Waals surface area contributed by atoms with Gasteiger partial charge in [0.05, 0.1) is 0 Å². The molecule has 0 aliphatic carbocycles. The van der Waals surface area contributed by atoms with E-state index in [9.17, 15) is 0 Å². The lowest BCUT2D eigenvalue weighted by atomic mass is 10.1. The van der Waals surface area contributed by atoms with E-state index in [1.807, 2.05) is 0 Å². The summed E-state index contributed by atoms with van der Waals surface area (Å²) in [7, 11) is 4.24. The summed E-state index contributed by atoms with van der Waals surface area (Å²) < 4.78 is 2.36. The third-order valence-corrected chi connectivity index (χ3v) is 3.29. The first-order valence-corrected chi connectivity index (χ1v) is 6.64. The normalized spacial score (nSPS) is 11.6. The second-order valence-electron chi connectivity index (χ2n) is 5.06. The largest absolute Gasteiger partial charge is 0.347 e. The molecule has 3 nitrogen and oxygen atoms in total. The van der Waals surface area contributed by atoms with Gasteiger partial charge in [-0.15, -0.1) is 0 Å². The first-order valence-electron chi connectivity index (χ1n) is 6.64. The molecule has 1 aromatic heterocycles. The lowest BCUT2D eigenvalue weighted by Crippen LogP contribution is -2.14. The number of para-hydroxylation sites is 1. The Kier molecular flexibility index (Phi) is 4.39. The lowest BCUT2D eigenvalue weighted by Gasteiger charge is -2.10.